The Morgan fingerprint density at radius 2 is 0.818 bits per heavy atom. The van der Waals surface area contributed by atoms with Crippen molar-refractivity contribution in [1.29, 1.82) is 0 Å². The van der Waals surface area contributed by atoms with Crippen LogP contribution in [0.25, 0.3) is 0 Å². The van der Waals surface area contributed by atoms with Crippen LogP contribution in [0.5, 0.6) is 0 Å². The van der Waals surface area contributed by atoms with Crippen LogP contribution in [0.3, 0.4) is 0 Å². The molecule has 11 heavy (non-hydrogen) atoms. The zero-order chi connectivity index (χ0) is 9.00. The summed E-state index contributed by atoms with van der Waals surface area (Å²) < 4.78 is 50.4. The maximum absolute atomic E-state index is 8.97. The second-order valence-corrected chi connectivity index (χ2v) is 3.09. The summed E-state index contributed by atoms with van der Waals surface area (Å²) >= 11 is 0. The fourth-order valence-electron chi connectivity index (χ4n) is 0. The predicted molar refractivity (Wildman–Crippen MR) is 31.5 cm³/mol. The number of nitrogens with two attached hydrogens (primary N) is 2. The van der Waals surface area contributed by atoms with E-state index in [0.717, 1.165) is 0 Å². The molecule has 0 aliphatic heterocycles. The van der Waals surface area contributed by atoms with E-state index >= 15 is 0 Å². The van der Waals surface area contributed by atoms with Crippen molar-refractivity contribution in [3.8, 4) is 0 Å². The molecule has 0 rings (SSSR count). The third kappa shape index (κ3) is 10400. The van der Waals surface area contributed by atoms with E-state index in [1.54, 1.807) is 0 Å². The molecule has 0 amide bonds. The molecule has 6 N–H and O–H groups in total. The van der Waals surface area contributed by atoms with E-state index in [2.05, 4.69) is 10.3 Å². The van der Waals surface area contributed by atoms with Crippen LogP contribution in [-0.4, -0.2) is 25.9 Å². The van der Waals surface area contributed by atoms with Crippen molar-refractivity contribution in [3.05, 3.63) is 0 Å². The van der Waals surface area contributed by atoms with E-state index in [1.807, 2.05) is 0 Å². The first-order valence-electron chi connectivity index (χ1n) is 1.50. The van der Waals surface area contributed by atoms with E-state index in [0.29, 0.717) is 0 Å². The number of hydrogen-bond acceptors (Lipinski definition) is 4. The Morgan fingerprint density at radius 3 is 0.818 bits per heavy atom. The molecule has 11 heteroatoms. The SMILES string of the molecule is NS(=O)(=O)O.NS(=O)(=O)O.[Cu]. The molecule has 8 nitrogen and oxygen atoms in total. The summed E-state index contributed by atoms with van der Waals surface area (Å²) in [6.07, 6.45) is 0. The Hall–Kier alpha value is 0.259. The fraction of sp³-hybridized carbons (Fsp3) is 0. The first-order chi connectivity index (χ1) is 4.00. The van der Waals surface area contributed by atoms with Crippen molar-refractivity contribution in [2.24, 2.45) is 10.3 Å². The maximum Gasteiger partial charge on any atom is 0.330 e. The number of rotatable bonds is 0. The predicted octanol–water partition coefficient (Wildman–Crippen LogP) is -2.51. The molecule has 0 saturated carbocycles. The normalized spacial score (nSPS) is 10.5. The minimum Gasteiger partial charge on any atom is -0.274 e. The van der Waals surface area contributed by atoms with E-state index < -0.39 is 20.6 Å². The fourth-order valence-corrected chi connectivity index (χ4v) is 0. The molecule has 0 aromatic carbocycles. The average molecular weight is 258 g/mol. The largest absolute Gasteiger partial charge is 0.330 e. The van der Waals surface area contributed by atoms with Gasteiger partial charge in [-0.05, 0) is 0 Å². The van der Waals surface area contributed by atoms with E-state index in [1.165, 1.54) is 0 Å². The summed E-state index contributed by atoms with van der Waals surface area (Å²) in [4.78, 5) is 0. The van der Waals surface area contributed by atoms with E-state index in [-0.39, 0.29) is 17.1 Å². The molecule has 0 bridgehead atoms. The van der Waals surface area contributed by atoms with Gasteiger partial charge >= 0.3 is 20.6 Å². The number of hydrogen-bond donors (Lipinski definition) is 4. The summed E-state index contributed by atoms with van der Waals surface area (Å²) in [7, 11) is -8.33. The minimum atomic E-state index is -4.17. The standard InChI is InChI=1S/Cu.2H3NO3S/c;2*1-5(2,3)4/h;2*(H3,1,2,3,4). The Bertz CT molecular complexity index is 215. The molecule has 0 saturated heterocycles. The van der Waals surface area contributed by atoms with Gasteiger partial charge in [0.2, 0.25) is 0 Å². The smallest absolute Gasteiger partial charge is 0.274 e. The molecule has 0 fully saturated rings. The Balaban J connectivity index is -0.000000107. The maximum atomic E-state index is 8.97. The van der Waals surface area contributed by atoms with Crippen LogP contribution in [0.4, 0.5) is 0 Å². The van der Waals surface area contributed by atoms with Gasteiger partial charge < -0.3 is 0 Å². The third-order valence-electron chi connectivity index (χ3n) is 0. The van der Waals surface area contributed by atoms with Crippen LogP contribution in [0, 0.1) is 0 Å². The Morgan fingerprint density at radius 1 is 0.818 bits per heavy atom. The second-order valence-electron chi connectivity index (χ2n) is 1.03. The van der Waals surface area contributed by atoms with Gasteiger partial charge in [0.05, 0.1) is 0 Å². The van der Waals surface area contributed by atoms with E-state index in [4.69, 9.17) is 25.9 Å². The molecule has 0 aromatic rings. The monoisotopic (exact) mass is 257 g/mol. The quantitative estimate of drug-likeness (QED) is 0.277. The molecule has 0 atom stereocenters. The van der Waals surface area contributed by atoms with Gasteiger partial charge in [0.1, 0.15) is 0 Å². The second kappa shape index (κ2) is 5.85. The summed E-state index contributed by atoms with van der Waals surface area (Å²) in [6, 6.07) is 0. The van der Waals surface area contributed by atoms with Gasteiger partial charge in [-0.25, -0.2) is 10.3 Å². The molecule has 0 unspecified atom stereocenters. The van der Waals surface area contributed by atoms with Gasteiger partial charge in [0, 0.05) is 17.1 Å². The van der Waals surface area contributed by atoms with Gasteiger partial charge in [0.25, 0.3) is 0 Å². The summed E-state index contributed by atoms with van der Waals surface area (Å²) in [5, 5.41) is 7.76. The molecule has 75 valence electrons. The molecular weight excluding hydrogens is 252 g/mol. The minimum absolute atomic E-state index is 0. The summed E-state index contributed by atoms with van der Waals surface area (Å²) in [6.45, 7) is 0. The van der Waals surface area contributed by atoms with Crippen molar-refractivity contribution in [2.45, 2.75) is 0 Å². The molecule has 1 radical (unpaired) electrons. The van der Waals surface area contributed by atoms with Gasteiger partial charge in [0.15, 0.2) is 0 Å². The van der Waals surface area contributed by atoms with Crippen molar-refractivity contribution >= 4 is 20.6 Å². The average Bonchev–Trinajstić information content (AvgIpc) is 1.12. The first-order valence-corrected chi connectivity index (χ1v) is 4.51. The zero-order valence-corrected chi connectivity index (χ0v) is 7.37. The molecule has 0 aliphatic rings. The topological polar surface area (TPSA) is 161 Å². The van der Waals surface area contributed by atoms with Crippen molar-refractivity contribution in [3.63, 3.8) is 0 Å². The van der Waals surface area contributed by atoms with Crippen LogP contribution >= 0.6 is 0 Å². The Kier molecular flexibility index (Phi) is 9.24. The molecule has 0 aliphatic carbocycles. The van der Waals surface area contributed by atoms with E-state index in [9.17, 15) is 0 Å². The van der Waals surface area contributed by atoms with Crippen molar-refractivity contribution in [1.82, 2.24) is 0 Å². The van der Waals surface area contributed by atoms with Crippen LogP contribution in [0.1, 0.15) is 0 Å². The third-order valence-corrected chi connectivity index (χ3v) is 0. The van der Waals surface area contributed by atoms with Gasteiger partial charge in [-0.2, -0.15) is 16.8 Å². The van der Waals surface area contributed by atoms with Crippen LogP contribution in [0.2, 0.25) is 0 Å². The van der Waals surface area contributed by atoms with Crippen molar-refractivity contribution in [2.75, 3.05) is 0 Å². The zero-order valence-electron chi connectivity index (χ0n) is 4.80. The van der Waals surface area contributed by atoms with Gasteiger partial charge in [-0.15, -0.1) is 0 Å². The van der Waals surface area contributed by atoms with Crippen LogP contribution in [-0.2, 0) is 37.7 Å². The summed E-state index contributed by atoms with van der Waals surface area (Å²) in [5.41, 5.74) is 0. The van der Waals surface area contributed by atoms with Crippen molar-refractivity contribution < 1.29 is 43.0 Å². The van der Waals surface area contributed by atoms with Crippen LogP contribution in [0.15, 0.2) is 0 Å². The molecular formula is H6CuN2O6S2. The Labute approximate surface area is 74.2 Å². The van der Waals surface area contributed by atoms with Gasteiger partial charge in [-0.1, -0.05) is 0 Å². The molecule has 0 aromatic heterocycles. The molecule has 0 heterocycles. The molecule has 0 spiro atoms. The summed E-state index contributed by atoms with van der Waals surface area (Å²) in [5.74, 6) is 0. The van der Waals surface area contributed by atoms with Gasteiger partial charge in [-0.3, -0.25) is 9.11 Å². The first kappa shape index (κ1) is 17.4. The van der Waals surface area contributed by atoms with Crippen LogP contribution < -0.4 is 10.3 Å².